The van der Waals surface area contributed by atoms with Crippen molar-refractivity contribution in [3.8, 4) is 28.1 Å². The van der Waals surface area contributed by atoms with Crippen LogP contribution < -0.4 is 5.32 Å². The number of hydrogen-bond acceptors (Lipinski definition) is 4. The second-order valence-electron chi connectivity index (χ2n) is 10.6. The minimum Gasteiger partial charge on any atom is -0.478 e. The lowest BCUT2D eigenvalue weighted by atomic mass is 9.86. The van der Waals surface area contributed by atoms with Crippen molar-refractivity contribution in [3.63, 3.8) is 0 Å². The highest BCUT2D eigenvalue weighted by Gasteiger charge is 2.17. The zero-order valence-corrected chi connectivity index (χ0v) is 21.0. The summed E-state index contributed by atoms with van der Waals surface area (Å²) in [6.45, 7) is 8.67. The molecule has 3 aromatic carbocycles. The quantitative estimate of drug-likeness (QED) is 0.363. The summed E-state index contributed by atoms with van der Waals surface area (Å²) >= 11 is 0. The molecule has 1 aromatic heterocycles. The number of aromatic nitrogens is 3. The average molecular weight is 481 g/mol. The van der Waals surface area contributed by atoms with Crippen molar-refractivity contribution in [1.29, 1.82) is 0 Å². The Kier molecular flexibility index (Phi) is 6.46. The molecule has 0 aliphatic carbocycles. The molecule has 1 fully saturated rings. The third-order valence-electron chi connectivity index (χ3n) is 7.02. The molecule has 0 atom stereocenters. The van der Waals surface area contributed by atoms with Gasteiger partial charge < -0.3 is 10.4 Å². The lowest BCUT2D eigenvalue weighted by molar-refractivity contribution is 0.0697. The van der Waals surface area contributed by atoms with Crippen LogP contribution in [0.3, 0.4) is 0 Å². The molecule has 0 saturated carbocycles. The molecule has 0 amide bonds. The first-order valence-corrected chi connectivity index (χ1v) is 12.5. The normalized spacial score (nSPS) is 14.6. The predicted molar refractivity (Wildman–Crippen MR) is 143 cm³/mol. The van der Waals surface area contributed by atoms with Crippen LogP contribution in [0.15, 0.2) is 72.9 Å². The van der Waals surface area contributed by atoms with E-state index in [0.717, 1.165) is 48.3 Å². The van der Waals surface area contributed by atoms with Crippen molar-refractivity contribution in [3.05, 3.63) is 89.6 Å². The fourth-order valence-electron chi connectivity index (χ4n) is 4.80. The number of aromatic carboxylic acids is 1. The highest BCUT2D eigenvalue weighted by Crippen LogP contribution is 2.30. The van der Waals surface area contributed by atoms with Gasteiger partial charge in [-0.25, -0.2) is 9.48 Å². The van der Waals surface area contributed by atoms with Crippen LogP contribution in [0.2, 0.25) is 0 Å². The molecule has 0 bridgehead atoms. The lowest BCUT2D eigenvalue weighted by Crippen LogP contribution is -2.26. The van der Waals surface area contributed by atoms with Crippen LogP contribution in [0, 0.1) is 0 Å². The van der Waals surface area contributed by atoms with Gasteiger partial charge in [0.15, 0.2) is 0 Å². The molecule has 1 saturated heterocycles. The van der Waals surface area contributed by atoms with Crippen molar-refractivity contribution in [1.82, 2.24) is 20.3 Å². The van der Waals surface area contributed by atoms with E-state index in [9.17, 15) is 9.90 Å². The average Bonchev–Trinajstić information content (AvgIpc) is 3.39. The summed E-state index contributed by atoms with van der Waals surface area (Å²) in [5.74, 6) is -0.394. The molecular formula is C30H32N4O2. The zero-order chi connectivity index (χ0) is 25.3. The van der Waals surface area contributed by atoms with E-state index >= 15 is 0 Å². The molecule has 2 N–H and O–H groups in total. The SMILES string of the molecule is CC(C)(C)c1ccc(-c2cn(-c3cc(C(=O)O)cc(-c4ccc(C5CCNCC5)cc4)c3)nn2)cc1. The minimum absolute atomic E-state index is 0.0790. The monoisotopic (exact) mass is 480 g/mol. The van der Waals surface area contributed by atoms with Crippen LogP contribution in [0.1, 0.15) is 61.0 Å². The van der Waals surface area contributed by atoms with Gasteiger partial charge in [-0.1, -0.05) is 74.5 Å². The Labute approximate surface area is 212 Å². The summed E-state index contributed by atoms with van der Waals surface area (Å²) in [5.41, 5.74) is 7.09. The van der Waals surface area contributed by atoms with Gasteiger partial charge in [-0.05, 0) is 77.7 Å². The number of nitrogens with zero attached hydrogens (tertiary/aromatic N) is 3. The van der Waals surface area contributed by atoms with Crippen LogP contribution >= 0.6 is 0 Å². The first kappa shape index (κ1) is 23.9. The fraction of sp³-hybridized carbons (Fsp3) is 0.300. The van der Waals surface area contributed by atoms with Crippen LogP contribution in [0.25, 0.3) is 28.1 Å². The summed E-state index contributed by atoms with van der Waals surface area (Å²) in [6.07, 6.45) is 4.13. The van der Waals surface area contributed by atoms with Gasteiger partial charge in [-0.2, -0.15) is 0 Å². The van der Waals surface area contributed by atoms with Crippen molar-refractivity contribution in [2.75, 3.05) is 13.1 Å². The Bertz CT molecular complexity index is 1360. The Morgan fingerprint density at radius 3 is 2.22 bits per heavy atom. The number of carboxylic acid groups (broad SMARTS) is 1. The number of piperidine rings is 1. The van der Waals surface area contributed by atoms with E-state index in [2.05, 4.69) is 84.9 Å². The first-order chi connectivity index (χ1) is 17.3. The fourth-order valence-corrected chi connectivity index (χ4v) is 4.80. The van der Waals surface area contributed by atoms with Gasteiger partial charge in [0.1, 0.15) is 5.69 Å². The Hall–Kier alpha value is -3.77. The van der Waals surface area contributed by atoms with Crippen molar-refractivity contribution < 1.29 is 9.90 Å². The predicted octanol–water partition coefficient (Wildman–Crippen LogP) is 6.06. The molecule has 2 heterocycles. The Morgan fingerprint density at radius 1 is 0.917 bits per heavy atom. The second kappa shape index (κ2) is 9.70. The van der Waals surface area contributed by atoms with E-state index in [0.29, 0.717) is 11.6 Å². The summed E-state index contributed by atoms with van der Waals surface area (Å²) in [4.78, 5) is 11.9. The Morgan fingerprint density at radius 2 is 1.58 bits per heavy atom. The molecular weight excluding hydrogens is 448 g/mol. The molecule has 0 spiro atoms. The van der Waals surface area contributed by atoms with Crippen LogP contribution in [0.4, 0.5) is 0 Å². The van der Waals surface area contributed by atoms with Crippen LogP contribution in [-0.2, 0) is 5.41 Å². The van der Waals surface area contributed by atoms with Gasteiger partial charge in [-0.15, -0.1) is 5.10 Å². The maximum atomic E-state index is 11.9. The number of carboxylic acids is 1. The van der Waals surface area contributed by atoms with Gasteiger partial charge in [0.25, 0.3) is 0 Å². The molecule has 0 unspecified atom stereocenters. The molecule has 6 nitrogen and oxygen atoms in total. The number of rotatable bonds is 5. The van der Waals surface area contributed by atoms with E-state index in [4.69, 9.17) is 0 Å². The highest BCUT2D eigenvalue weighted by atomic mass is 16.4. The number of hydrogen-bond donors (Lipinski definition) is 2. The van der Waals surface area contributed by atoms with Crippen molar-refractivity contribution in [2.24, 2.45) is 0 Å². The van der Waals surface area contributed by atoms with E-state index in [1.54, 1.807) is 16.8 Å². The number of nitrogens with one attached hydrogen (secondary N) is 1. The molecule has 36 heavy (non-hydrogen) atoms. The topological polar surface area (TPSA) is 80.0 Å². The maximum Gasteiger partial charge on any atom is 0.335 e. The minimum atomic E-state index is -0.970. The molecule has 1 aliphatic rings. The maximum absolute atomic E-state index is 11.9. The van der Waals surface area contributed by atoms with Crippen molar-refractivity contribution >= 4 is 5.97 Å². The summed E-state index contributed by atoms with van der Waals surface area (Å²) in [5, 5.41) is 21.8. The van der Waals surface area contributed by atoms with E-state index < -0.39 is 5.97 Å². The first-order valence-electron chi connectivity index (χ1n) is 12.5. The van der Waals surface area contributed by atoms with E-state index in [1.807, 2.05) is 12.3 Å². The summed E-state index contributed by atoms with van der Waals surface area (Å²) in [7, 11) is 0. The molecule has 1 aliphatic heterocycles. The van der Waals surface area contributed by atoms with Gasteiger partial charge >= 0.3 is 5.97 Å². The molecule has 184 valence electrons. The Balaban J connectivity index is 1.45. The van der Waals surface area contributed by atoms with Gasteiger partial charge in [-0.3, -0.25) is 0 Å². The third-order valence-corrected chi connectivity index (χ3v) is 7.02. The smallest absolute Gasteiger partial charge is 0.335 e. The van der Waals surface area contributed by atoms with Gasteiger partial charge in [0, 0.05) is 5.56 Å². The lowest BCUT2D eigenvalue weighted by Gasteiger charge is -2.23. The molecule has 5 rings (SSSR count). The highest BCUT2D eigenvalue weighted by molar-refractivity contribution is 5.90. The second-order valence-corrected chi connectivity index (χ2v) is 10.6. The number of benzene rings is 3. The number of carbonyl (C=O) groups is 1. The van der Waals surface area contributed by atoms with Crippen LogP contribution in [0.5, 0.6) is 0 Å². The van der Waals surface area contributed by atoms with Gasteiger partial charge in [0.2, 0.25) is 0 Å². The van der Waals surface area contributed by atoms with E-state index in [-0.39, 0.29) is 11.0 Å². The van der Waals surface area contributed by atoms with Gasteiger partial charge in [0.05, 0.1) is 17.4 Å². The van der Waals surface area contributed by atoms with Crippen LogP contribution in [-0.4, -0.2) is 39.2 Å². The summed E-state index contributed by atoms with van der Waals surface area (Å²) < 4.78 is 1.65. The molecule has 0 radical (unpaired) electrons. The molecule has 6 heteroatoms. The zero-order valence-electron chi connectivity index (χ0n) is 21.0. The largest absolute Gasteiger partial charge is 0.478 e. The third kappa shape index (κ3) is 5.09. The summed E-state index contributed by atoms with van der Waals surface area (Å²) in [6, 6.07) is 22.2. The standard InChI is InChI=1S/C30H32N4O2/c1-30(2,3)26-10-8-23(9-11-26)28-19-34(33-32-28)27-17-24(16-25(18-27)29(35)36)21-6-4-20(5-7-21)22-12-14-31-15-13-22/h4-11,16-19,22,31H,12-15H2,1-3H3,(H,35,36). The van der Waals surface area contributed by atoms with Crippen molar-refractivity contribution in [2.45, 2.75) is 44.9 Å². The van der Waals surface area contributed by atoms with E-state index in [1.165, 1.54) is 11.1 Å². The molecule has 4 aromatic rings.